The predicted molar refractivity (Wildman–Crippen MR) is 71.9 cm³/mol. The second-order valence-corrected chi connectivity index (χ2v) is 5.96. The highest BCUT2D eigenvalue weighted by molar-refractivity contribution is 9.10. The summed E-state index contributed by atoms with van der Waals surface area (Å²) < 4.78 is 1.08. The fourth-order valence-corrected chi connectivity index (χ4v) is 2.59. The van der Waals surface area contributed by atoms with Crippen LogP contribution in [0.3, 0.4) is 0 Å². The van der Waals surface area contributed by atoms with Crippen LogP contribution in [0.1, 0.15) is 12.5 Å². The summed E-state index contributed by atoms with van der Waals surface area (Å²) in [5.74, 6) is 0. The molecular weight excluding hydrogens is 272 g/mol. The number of benzene rings is 1. The number of rotatable bonds is 1. The van der Waals surface area contributed by atoms with E-state index < -0.39 is 0 Å². The Morgan fingerprint density at radius 3 is 3.00 bits per heavy atom. The van der Waals surface area contributed by atoms with E-state index in [1.807, 2.05) is 0 Å². The minimum Gasteiger partial charge on any atom is -0.334 e. The van der Waals surface area contributed by atoms with Gasteiger partial charge in [0.25, 0.3) is 0 Å². The molecule has 1 aliphatic heterocycles. The summed E-state index contributed by atoms with van der Waals surface area (Å²) in [6.07, 6.45) is 0. The van der Waals surface area contributed by atoms with Crippen LogP contribution in [0, 0.1) is 6.92 Å². The van der Waals surface area contributed by atoms with Crippen molar-refractivity contribution in [3.05, 3.63) is 28.2 Å². The number of hydrogen-bond donors (Lipinski definition) is 1. The zero-order valence-electron chi connectivity index (χ0n) is 8.75. The van der Waals surface area contributed by atoms with Gasteiger partial charge in [0, 0.05) is 9.72 Å². The topological polar surface area (TPSA) is 24.4 Å². The van der Waals surface area contributed by atoms with E-state index in [0.717, 1.165) is 21.9 Å². The number of thioether (sulfide) groups is 1. The van der Waals surface area contributed by atoms with Gasteiger partial charge in [-0.2, -0.15) is 0 Å². The van der Waals surface area contributed by atoms with Crippen molar-refractivity contribution < 1.29 is 0 Å². The fraction of sp³-hybridized carbons (Fsp3) is 0.364. The molecule has 0 saturated carbocycles. The molecule has 0 spiro atoms. The molecule has 1 aliphatic rings. The Hall–Kier alpha value is -0.480. The van der Waals surface area contributed by atoms with Crippen molar-refractivity contribution in [2.24, 2.45) is 4.99 Å². The number of nitrogens with zero attached hydrogens (tertiary/aromatic N) is 1. The first-order valence-electron chi connectivity index (χ1n) is 4.89. The van der Waals surface area contributed by atoms with Crippen LogP contribution in [0.25, 0.3) is 0 Å². The maximum Gasteiger partial charge on any atom is 0.161 e. The molecule has 2 rings (SSSR count). The second kappa shape index (κ2) is 4.58. The molecule has 0 aromatic heterocycles. The van der Waals surface area contributed by atoms with Crippen LogP contribution >= 0.6 is 27.7 Å². The Kier molecular flexibility index (Phi) is 3.36. The molecule has 0 bridgehead atoms. The van der Waals surface area contributed by atoms with Gasteiger partial charge in [-0.15, -0.1) is 0 Å². The molecule has 0 amide bonds. The Morgan fingerprint density at radius 1 is 1.53 bits per heavy atom. The molecule has 1 aromatic rings. The third-order valence-corrected chi connectivity index (χ3v) is 3.87. The van der Waals surface area contributed by atoms with Crippen molar-refractivity contribution in [2.45, 2.75) is 19.1 Å². The predicted octanol–water partition coefficient (Wildman–Crippen LogP) is 3.66. The number of aliphatic imine (C=N–C) groups is 1. The molecule has 0 saturated heterocycles. The number of aryl methyl sites for hydroxylation is 1. The third-order valence-electron chi connectivity index (χ3n) is 2.17. The zero-order chi connectivity index (χ0) is 10.8. The first-order valence-corrected chi connectivity index (χ1v) is 6.56. The number of halogens is 1. The molecule has 1 N–H and O–H groups in total. The van der Waals surface area contributed by atoms with E-state index in [2.05, 4.69) is 58.3 Å². The van der Waals surface area contributed by atoms with E-state index in [4.69, 9.17) is 0 Å². The van der Waals surface area contributed by atoms with Gasteiger partial charge in [0.15, 0.2) is 5.17 Å². The highest BCUT2D eigenvalue weighted by Crippen LogP contribution is 2.27. The molecule has 0 radical (unpaired) electrons. The summed E-state index contributed by atoms with van der Waals surface area (Å²) in [6.45, 7) is 5.19. The van der Waals surface area contributed by atoms with Gasteiger partial charge in [-0.3, -0.25) is 4.99 Å². The average Bonchev–Trinajstić information content (AvgIpc) is 2.58. The van der Waals surface area contributed by atoms with Crippen molar-refractivity contribution in [2.75, 3.05) is 11.9 Å². The lowest BCUT2D eigenvalue weighted by Crippen LogP contribution is -2.06. The number of hydrogen-bond acceptors (Lipinski definition) is 3. The Balaban J connectivity index is 2.14. The van der Waals surface area contributed by atoms with Crippen LogP contribution in [0.4, 0.5) is 5.69 Å². The van der Waals surface area contributed by atoms with Gasteiger partial charge in [0.1, 0.15) is 0 Å². The van der Waals surface area contributed by atoms with E-state index >= 15 is 0 Å². The molecule has 15 heavy (non-hydrogen) atoms. The van der Waals surface area contributed by atoms with Gasteiger partial charge in [0.05, 0.1) is 12.2 Å². The molecule has 1 unspecified atom stereocenters. The van der Waals surface area contributed by atoms with Crippen LogP contribution in [0.2, 0.25) is 0 Å². The van der Waals surface area contributed by atoms with Crippen molar-refractivity contribution in [1.82, 2.24) is 0 Å². The lowest BCUT2D eigenvalue weighted by Gasteiger charge is -2.08. The molecule has 1 heterocycles. The van der Waals surface area contributed by atoms with Crippen LogP contribution in [0.5, 0.6) is 0 Å². The number of anilines is 1. The minimum atomic E-state index is 0.594. The monoisotopic (exact) mass is 284 g/mol. The smallest absolute Gasteiger partial charge is 0.161 e. The lowest BCUT2D eigenvalue weighted by atomic mass is 10.2. The van der Waals surface area contributed by atoms with Crippen molar-refractivity contribution in [1.29, 1.82) is 0 Å². The summed E-state index contributed by atoms with van der Waals surface area (Å²) in [4.78, 5) is 4.43. The van der Waals surface area contributed by atoms with Gasteiger partial charge >= 0.3 is 0 Å². The normalized spacial score (nSPS) is 20.2. The Labute approximate surface area is 103 Å². The standard InChI is InChI=1S/C11H13BrN2S/c1-7-3-4-9(12)10(5-7)14-11-13-6-8(2)15-11/h3-5,8H,6H2,1-2H3,(H,13,14). The van der Waals surface area contributed by atoms with Crippen LogP contribution < -0.4 is 5.32 Å². The lowest BCUT2D eigenvalue weighted by molar-refractivity contribution is 0.976. The summed E-state index contributed by atoms with van der Waals surface area (Å²) in [5, 5.41) is 4.96. The van der Waals surface area contributed by atoms with Crippen LogP contribution in [-0.2, 0) is 0 Å². The van der Waals surface area contributed by atoms with Crippen molar-refractivity contribution in [3.8, 4) is 0 Å². The average molecular weight is 285 g/mol. The molecule has 0 aliphatic carbocycles. The van der Waals surface area contributed by atoms with Gasteiger partial charge < -0.3 is 5.32 Å². The molecule has 1 aromatic carbocycles. The van der Waals surface area contributed by atoms with Gasteiger partial charge in [-0.05, 0) is 40.5 Å². The maximum atomic E-state index is 4.43. The van der Waals surface area contributed by atoms with Gasteiger partial charge in [0.2, 0.25) is 0 Å². The highest BCUT2D eigenvalue weighted by atomic mass is 79.9. The van der Waals surface area contributed by atoms with Gasteiger partial charge in [-0.1, -0.05) is 24.8 Å². The Morgan fingerprint density at radius 2 is 2.33 bits per heavy atom. The van der Waals surface area contributed by atoms with E-state index in [1.165, 1.54) is 5.56 Å². The Bertz CT molecular complexity index is 404. The quantitative estimate of drug-likeness (QED) is 0.851. The van der Waals surface area contributed by atoms with Crippen LogP contribution in [-0.4, -0.2) is 17.0 Å². The molecule has 80 valence electrons. The van der Waals surface area contributed by atoms with Crippen molar-refractivity contribution in [3.63, 3.8) is 0 Å². The largest absolute Gasteiger partial charge is 0.334 e. The minimum absolute atomic E-state index is 0.594. The van der Waals surface area contributed by atoms with E-state index in [1.54, 1.807) is 11.8 Å². The summed E-state index contributed by atoms with van der Waals surface area (Å²) in [5.41, 5.74) is 2.34. The van der Waals surface area contributed by atoms with E-state index in [-0.39, 0.29) is 0 Å². The third kappa shape index (κ3) is 2.75. The zero-order valence-corrected chi connectivity index (χ0v) is 11.2. The first-order chi connectivity index (χ1) is 7.15. The molecule has 1 atom stereocenters. The first kappa shape index (κ1) is 11.0. The molecule has 0 fully saturated rings. The number of nitrogens with one attached hydrogen (secondary N) is 1. The highest BCUT2D eigenvalue weighted by Gasteiger charge is 2.15. The second-order valence-electron chi connectivity index (χ2n) is 3.68. The van der Waals surface area contributed by atoms with E-state index in [0.29, 0.717) is 5.25 Å². The SMILES string of the molecule is Cc1ccc(Br)c(NC2=NCC(C)S2)c1. The summed E-state index contributed by atoms with van der Waals surface area (Å²) >= 11 is 5.32. The van der Waals surface area contributed by atoms with Crippen molar-refractivity contribution >= 4 is 38.5 Å². The maximum absolute atomic E-state index is 4.43. The van der Waals surface area contributed by atoms with Crippen LogP contribution in [0.15, 0.2) is 27.7 Å². The summed E-state index contributed by atoms with van der Waals surface area (Å²) in [7, 11) is 0. The number of amidine groups is 1. The van der Waals surface area contributed by atoms with E-state index in [9.17, 15) is 0 Å². The van der Waals surface area contributed by atoms with Gasteiger partial charge in [-0.25, -0.2) is 0 Å². The summed E-state index contributed by atoms with van der Waals surface area (Å²) in [6, 6.07) is 6.26. The molecule has 4 heteroatoms. The molecule has 2 nitrogen and oxygen atoms in total. The molecular formula is C11H13BrN2S. The fourth-order valence-electron chi connectivity index (χ4n) is 1.40.